The van der Waals surface area contributed by atoms with Gasteiger partial charge in [0.1, 0.15) is 5.69 Å². The number of nitro benzene ring substituents is 1. The normalized spacial score (nSPS) is 14.2. The third kappa shape index (κ3) is 4.25. The summed E-state index contributed by atoms with van der Waals surface area (Å²) in [7, 11) is -3.32. The second-order valence-corrected chi connectivity index (χ2v) is 8.42. The lowest BCUT2D eigenvalue weighted by atomic mass is 10.1. The molecule has 142 valence electrons. The van der Waals surface area contributed by atoms with Crippen LogP contribution in [0.25, 0.3) is 0 Å². The summed E-state index contributed by atoms with van der Waals surface area (Å²) in [4.78, 5) is 25.5. The van der Waals surface area contributed by atoms with Gasteiger partial charge in [0.25, 0.3) is 11.6 Å². The number of nitro groups is 1. The number of sulfone groups is 1. The zero-order valence-corrected chi connectivity index (χ0v) is 15.5. The lowest BCUT2D eigenvalue weighted by Gasteiger charge is -2.17. The molecule has 1 saturated heterocycles. The van der Waals surface area contributed by atoms with E-state index in [0.29, 0.717) is 11.4 Å². The van der Waals surface area contributed by atoms with Gasteiger partial charge in [-0.2, -0.15) is 0 Å². The highest BCUT2D eigenvalue weighted by Gasteiger charge is 2.24. The van der Waals surface area contributed by atoms with Crippen LogP contribution < -0.4 is 10.2 Å². The van der Waals surface area contributed by atoms with Crippen molar-refractivity contribution in [3.05, 3.63) is 58.1 Å². The van der Waals surface area contributed by atoms with Crippen molar-refractivity contribution >= 4 is 32.8 Å². The van der Waals surface area contributed by atoms with Crippen LogP contribution in [0.2, 0.25) is 0 Å². The summed E-state index contributed by atoms with van der Waals surface area (Å²) in [6.07, 6.45) is 3.08. The van der Waals surface area contributed by atoms with E-state index in [2.05, 4.69) is 5.32 Å². The van der Waals surface area contributed by atoms with E-state index in [4.69, 9.17) is 0 Å². The number of benzene rings is 2. The van der Waals surface area contributed by atoms with Gasteiger partial charge < -0.3 is 10.2 Å². The smallest absolute Gasteiger partial charge is 0.293 e. The molecule has 1 heterocycles. The topological polar surface area (TPSA) is 110 Å². The maximum Gasteiger partial charge on any atom is 0.293 e. The first kappa shape index (κ1) is 18.8. The molecule has 2 aromatic carbocycles. The van der Waals surface area contributed by atoms with Crippen molar-refractivity contribution < 1.29 is 18.1 Å². The molecule has 0 spiro atoms. The third-order valence-electron chi connectivity index (χ3n) is 4.42. The van der Waals surface area contributed by atoms with E-state index in [1.807, 2.05) is 4.90 Å². The SMILES string of the molecule is CS(=O)(=O)c1ccc(NC(=O)c2ccc(N3CCCC3)c([N+](=O)[O-])c2)cc1. The summed E-state index contributed by atoms with van der Waals surface area (Å²) < 4.78 is 22.9. The van der Waals surface area contributed by atoms with E-state index in [1.54, 1.807) is 12.1 Å². The number of carbonyl (C=O) groups excluding carboxylic acids is 1. The molecule has 2 aromatic rings. The summed E-state index contributed by atoms with van der Waals surface area (Å²) in [6.45, 7) is 1.53. The van der Waals surface area contributed by atoms with E-state index in [1.165, 1.54) is 30.3 Å². The van der Waals surface area contributed by atoms with Crippen molar-refractivity contribution in [3.63, 3.8) is 0 Å². The molecule has 0 aromatic heterocycles. The van der Waals surface area contributed by atoms with Crippen LogP contribution in [-0.2, 0) is 9.84 Å². The monoisotopic (exact) mass is 389 g/mol. The minimum absolute atomic E-state index is 0.100. The Labute approximate surface area is 156 Å². The van der Waals surface area contributed by atoms with Crippen LogP contribution in [0.15, 0.2) is 47.4 Å². The zero-order chi connectivity index (χ0) is 19.6. The summed E-state index contributed by atoms with van der Waals surface area (Å²) in [6, 6.07) is 10.2. The van der Waals surface area contributed by atoms with Gasteiger partial charge in [-0.05, 0) is 49.2 Å². The van der Waals surface area contributed by atoms with Gasteiger partial charge >= 0.3 is 0 Å². The molecular formula is C18H19N3O5S. The maximum atomic E-state index is 12.4. The van der Waals surface area contributed by atoms with Gasteiger partial charge in [-0.15, -0.1) is 0 Å². The van der Waals surface area contributed by atoms with Crippen molar-refractivity contribution in [3.8, 4) is 0 Å². The van der Waals surface area contributed by atoms with Crippen LogP contribution in [0.1, 0.15) is 23.2 Å². The molecule has 3 rings (SSSR count). The Hall–Kier alpha value is -2.94. The van der Waals surface area contributed by atoms with Crippen molar-refractivity contribution in [1.82, 2.24) is 0 Å². The first-order valence-corrected chi connectivity index (χ1v) is 10.3. The van der Waals surface area contributed by atoms with Gasteiger partial charge in [0.2, 0.25) is 0 Å². The Morgan fingerprint density at radius 3 is 2.30 bits per heavy atom. The van der Waals surface area contributed by atoms with Crippen LogP contribution >= 0.6 is 0 Å². The molecule has 1 fully saturated rings. The average Bonchev–Trinajstić information content (AvgIpc) is 3.15. The van der Waals surface area contributed by atoms with Crippen LogP contribution in [0, 0.1) is 10.1 Å². The number of rotatable bonds is 5. The zero-order valence-electron chi connectivity index (χ0n) is 14.7. The molecule has 0 bridgehead atoms. The molecule has 1 aliphatic heterocycles. The standard InChI is InChI=1S/C18H19N3O5S/c1-27(25,26)15-7-5-14(6-8-15)19-18(22)13-4-9-16(17(12-13)21(23)24)20-10-2-3-11-20/h4-9,12H,2-3,10-11H2,1H3,(H,19,22). The fraction of sp³-hybridized carbons (Fsp3) is 0.278. The van der Waals surface area contributed by atoms with Crippen LogP contribution in [-0.4, -0.2) is 38.6 Å². The highest BCUT2D eigenvalue weighted by atomic mass is 32.2. The fourth-order valence-corrected chi connectivity index (χ4v) is 3.66. The molecular weight excluding hydrogens is 370 g/mol. The Kier molecular flexibility index (Phi) is 5.13. The molecule has 0 unspecified atom stereocenters. The Balaban J connectivity index is 1.82. The van der Waals surface area contributed by atoms with Gasteiger partial charge in [-0.1, -0.05) is 0 Å². The molecule has 8 nitrogen and oxygen atoms in total. The lowest BCUT2D eigenvalue weighted by Crippen LogP contribution is -2.19. The largest absolute Gasteiger partial charge is 0.366 e. The van der Waals surface area contributed by atoms with Gasteiger partial charge in [0.15, 0.2) is 9.84 Å². The molecule has 27 heavy (non-hydrogen) atoms. The van der Waals surface area contributed by atoms with E-state index in [-0.39, 0.29) is 16.1 Å². The molecule has 1 amide bonds. The third-order valence-corrected chi connectivity index (χ3v) is 5.55. The summed E-state index contributed by atoms with van der Waals surface area (Å²) >= 11 is 0. The van der Waals surface area contributed by atoms with Crippen molar-refractivity contribution in [1.29, 1.82) is 0 Å². The molecule has 0 aliphatic carbocycles. The second-order valence-electron chi connectivity index (χ2n) is 6.41. The minimum Gasteiger partial charge on any atom is -0.366 e. The molecule has 1 aliphatic rings. The summed E-state index contributed by atoms with van der Waals surface area (Å²) in [5.74, 6) is -0.502. The molecule has 0 atom stereocenters. The average molecular weight is 389 g/mol. The van der Waals surface area contributed by atoms with Gasteiger partial charge in [-0.3, -0.25) is 14.9 Å². The summed E-state index contributed by atoms with van der Waals surface area (Å²) in [5.41, 5.74) is 0.985. The predicted molar refractivity (Wildman–Crippen MR) is 102 cm³/mol. The summed E-state index contributed by atoms with van der Waals surface area (Å²) in [5, 5.41) is 14.1. The van der Waals surface area contributed by atoms with Crippen molar-refractivity contribution in [2.24, 2.45) is 0 Å². The van der Waals surface area contributed by atoms with Gasteiger partial charge in [0.05, 0.1) is 9.82 Å². The molecule has 9 heteroatoms. The van der Waals surface area contributed by atoms with E-state index in [9.17, 15) is 23.3 Å². The second kappa shape index (κ2) is 7.36. The number of anilines is 2. The lowest BCUT2D eigenvalue weighted by molar-refractivity contribution is -0.384. The first-order valence-electron chi connectivity index (χ1n) is 8.40. The number of hydrogen-bond acceptors (Lipinski definition) is 6. The van der Waals surface area contributed by atoms with Crippen molar-refractivity contribution in [2.75, 3.05) is 29.6 Å². The number of hydrogen-bond donors (Lipinski definition) is 1. The minimum atomic E-state index is -3.32. The quantitative estimate of drug-likeness (QED) is 0.622. The maximum absolute atomic E-state index is 12.4. The van der Waals surface area contributed by atoms with Gasteiger partial charge in [-0.25, -0.2) is 8.42 Å². The van der Waals surface area contributed by atoms with Crippen LogP contribution in [0.5, 0.6) is 0 Å². The number of nitrogens with zero attached hydrogens (tertiary/aromatic N) is 2. The molecule has 1 N–H and O–H groups in total. The Morgan fingerprint density at radius 2 is 1.74 bits per heavy atom. The highest BCUT2D eigenvalue weighted by molar-refractivity contribution is 7.90. The predicted octanol–water partition coefficient (Wildman–Crippen LogP) is 2.85. The Bertz CT molecular complexity index is 981. The van der Waals surface area contributed by atoms with Crippen LogP contribution in [0.3, 0.4) is 0 Å². The van der Waals surface area contributed by atoms with Crippen LogP contribution in [0.4, 0.5) is 17.1 Å². The highest BCUT2D eigenvalue weighted by Crippen LogP contribution is 2.31. The number of nitrogens with one attached hydrogen (secondary N) is 1. The number of carbonyl (C=O) groups is 1. The number of amides is 1. The fourth-order valence-electron chi connectivity index (χ4n) is 3.03. The molecule has 0 saturated carbocycles. The van der Waals surface area contributed by atoms with Crippen molar-refractivity contribution in [2.45, 2.75) is 17.7 Å². The Morgan fingerprint density at radius 1 is 1.11 bits per heavy atom. The van der Waals surface area contributed by atoms with E-state index < -0.39 is 20.7 Å². The van der Waals surface area contributed by atoms with E-state index >= 15 is 0 Å². The first-order chi connectivity index (χ1) is 12.8. The van der Waals surface area contributed by atoms with Gasteiger partial charge in [0, 0.05) is 36.7 Å². The van der Waals surface area contributed by atoms with E-state index in [0.717, 1.165) is 32.2 Å². The molecule has 0 radical (unpaired) electrons.